The number of hydrogen-bond acceptors (Lipinski definition) is 3. The first kappa shape index (κ1) is 21.0. The predicted octanol–water partition coefficient (Wildman–Crippen LogP) is 3.90. The molecule has 0 aliphatic rings. The first-order valence-electron chi connectivity index (χ1n) is 10.3. The van der Waals surface area contributed by atoms with Crippen LogP contribution in [0.5, 0.6) is 0 Å². The summed E-state index contributed by atoms with van der Waals surface area (Å²) in [6, 6.07) is 29.2. The van der Waals surface area contributed by atoms with E-state index in [1.54, 1.807) is 12.1 Å². The van der Waals surface area contributed by atoms with Crippen molar-refractivity contribution in [3.05, 3.63) is 108 Å². The molecule has 4 rings (SSSR count). The monoisotopic (exact) mass is 422 g/mol. The number of fused-ring (bicyclic) bond motifs is 1. The number of benzene rings is 4. The van der Waals surface area contributed by atoms with E-state index in [2.05, 4.69) is 5.32 Å². The molecule has 0 unspecified atom stereocenters. The van der Waals surface area contributed by atoms with Crippen LogP contribution in [-0.4, -0.2) is 23.6 Å². The van der Waals surface area contributed by atoms with Gasteiger partial charge in [0.05, 0.1) is 0 Å². The van der Waals surface area contributed by atoms with E-state index in [0.29, 0.717) is 5.56 Å². The largest absolute Gasteiger partial charge is 0.363 e. The highest BCUT2D eigenvalue weighted by atomic mass is 16.2. The molecule has 2 amide bonds. The third kappa shape index (κ3) is 4.42. The molecule has 0 spiro atoms. The van der Waals surface area contributed by atoms with E-state index in [1.165, 1.54) is 0 Å². The van der Waals surface area contributed by atoms with Crippen LogP contribution in [0.4, 0.5) is 0 Å². The summed E-state index contributed by atoms with van der Waals surface area (Å²) in [6.07, 6.45) is 0.171. The summed E-state index contributed by atoms with van der Waals surface area (Å²) < 4.78 is 0. The molecule has 32 heavy (non-hydrogen) atoms. The van der Waals surface area contributed by atoms with Crippen LogP contribution in [0, 0.1) is 0 Å². The van der Waals surface area contributed by atoms with Crippen LogP contribution in [0.25, 0.3) is 21.9 Å². The number of carbonyl (C=O) groups is 3. The normalized spacial score (nSPS) is 11.6. The van der Waals surface area contributed by atoms with E-state index >= 15 is 0 Å². The van der Waals surface area contributed by atoms with Crippen LogP contribution >= 0.6 is 0 Å². The van der Waals surface area contributed by atoms with Crippen molar-refractivity contribution in [2.75, 3.05) is 0 Å². The molecule has 0 bridgehead atoms. The number of Topliss-reactive ketones (excluding diaryl/α,β-unsaturated/α-hetero) is 1. The Balaban J connectivity index is 1.70. The Morgan fingerprint density at radius 3 is 2.12 bits per heavy atom. The van der Waals surface area contributed by atoms with E-state index < -0.39 is 23.6 Å². The van der Waals surface area contributed by atoms with Gasteiger partial charge in [-0.05, 0) is 33.5 Å². The van der Waals surface area contributed by atoms with Crippen LogP contribution in [0.15, 0.2) is 97.1 Å². The van der Waals surface area contributed by atoms with E-state index in [4.69, 9.17) is 5.73 Å². The third-order valence-corrected chi connectivity index (χ3v) is 5.40. The molecule has 0 saturated heterocycles. The molecule has 0 aromatic heterocycles. The van der Waals surface area contributed by atoms with Gasteiger partial charge in [0.15, 0.2) is 0 Å². The van der Waals surface area contributed by atoms with Crippen molar-refractivity contribution in [2.45, 2.75) is 12.5 Å². The zero-order chi connectivity index (χ0) is 22.5. The molecule has 3 N–H and O–H groups in total. The minimum atomic E-state index is -1.08. The number of nitrogens with one attached hydrogen (secondary N) is 1. The zero-order valence-electron chi connectivity index (χ0n) is 17.3. The molecule has 0 aliphatic carbocycles. The van der Waals surface area contributed by atoms with Gasteiger partial charge in [-0.3, -0.25) is 14.4 Å². The molecular weight excluding hydrogens is 400 g/mol. The molecule has 4 aromatic rings. The van der Waals surface area contributed by atoms with E-state index in [1.807, 2.05) is 84.9 Å². The minimum Gasteiger partial charge on any atom is -0.363 e. The average molecular weight is 422 g/mol. The number of nitrogens with two attached hydrogens (primary N) is 1. The molecule has 5 heteroatoms. The van der Waals surface area contributed by atoms with Crippen molar-refractivity contribution in [1.29, 1.82) is 0 Å². The lowest BCUT2D eigenvalue weighted by Gasteiger charge is -2.18. The van der Waals surface area contributed by atoms with Crippen LogP contribution in [0.2, 0.25) is 0 Å². The van der Waals surface area contributed by atoms with E-state index in [9.17, 15) is 14.4 Å². The van der Waals surface area contributed by atoms with Gasteiger partial charge in [-0.15, -0.1) is 0 Å². The van der Waals surface area contributed by atoms with Gasteiger partial charge in [-0.25, -0.2) is 0 Å². The highest BCUT2D eigenvalue weighted by molar-refractivity contribution is 6.38. The Morgan fingerprint density at radius 2 is 1.34 bits per heavy atom. The Kier molecular flexibility index (Phi) is 6.08. The topological polar surface area (TPSA) is 89.3 Å². The molecule has 1 atom stereocenters. The van der Waals surface area contributed by atoms with Crippen molar-refractivity contribution in [2.24, 2.45) is 5.73 Å². The first-order valence-corrected chi connectivity index (χ1v) is 10.3. The van der Waals surface area contributed by atoms with Crippen LogP contribution in [0.1, 0.15) is 15.9 Å². The molecule has 5 nitrogen and oxygen atoms in total. The average Bonchev–Trinajstić information content (AvgIpc) is 2.83. The summed E-state index contributed by atoms with van der Waals surface area (Å²) in [4.78, 5) is 37.3. The lowest BCUT2D eigenvalue weighted by molar-refractivity contribution is -0.137. The van der Waals surface area contributed by atoms with Gasteiger partial charge >= 0.3 is 0 Å². The number of carbonyl (C=O) groups excluding carboxylic acids is 3. The smallest absolute Gasteiger partial charge is 0.287 e. The van der Waals surface area contributed by atoms with Gasteiger partial charge in [-0.1, -0.05) is 91.0 Å². The summed E-state index contributed by atoms with van der Waals surface area (Å²) in [5.41, 5.74) is 8.13. The molecule has 0 fully saturated rings. The minimum absolute atomic E-state index is 0.171. The van der Waals surface area contributed by atoms with Crippen molar-refractivity contribution in [1.82, 2.24) is 5.32 Å². The second-order valence-corrected chi connectivity index (χ2v) is 7.52. The van der Waals surface area contributed by atoms with Gasteiger partial charge < -0.3 is 11.1 Å². The number of ketones is 1. The molecule has 158 valence electrons. The molecular formula is C27H22N2O3. The van der Waals surface area contributed by atoms with Crippen LogP contribution in [-0.2, 0) is 16.0 Å². The fourth-order valence-electron chi connectivity index (χ4n) is 3.84. The zero-order valence-corrected chi connectivity index (χ0v) is 17.3. The molecule has 0 aliphatic heterocycles. The van der Waals surface area contributed by atoms with Crippen molar-refractivity contribution in [3.8, 4) is 11.1 Å². The highest BCUT2D eigenvalue weighted by Crippen LogP contribution is 2.31. The van der Waals surface area contributed by atoms with Crippen LogP contribution < -0.4 is 11.1 Å². The Bertz CT molecular complexity index is 1290. The maximum Gasteiger partial charge on any atom is 0.287 e. The standard InChI is InChI=1S/C27H22N2O3/c28-26(31)25(30)24(17-18-9-2-1-3-10-18)29-27(32)23-15-7-6-14-22(23)21-16-8-12-19-11-4-5-13-20(19)21/h1-16,24H,17H2,(H2,28,31)(H,29,32)/t24-/m0/s1. The second kappa shape index (κ2) is 9.27. The summed E-state index contributed by atoms with van der Waals surface area (Å²) in [5, 5.41) is 4.81. The van der Waals surface area contributed by atoms with Crippen molar-refractivity contribution < 1.29 is 14.4 Å². The first-order chi connectivity index (χ1) is 15.5. The fraction of sp³-hybridized carbons (Fsp3) is 0.0741. The van der Waals surface area contributed by atoms with Crippen molar-refractivity contribution in [3.63, 3.8) is 0 Å². The summed E-state index contributed by atoms with van der Waals surface area (Å²) in [5.74, 6) is -2.34. The van der Waals surface area contributed by atoms with E-state index in [0.717, 1.165) is 27.5 Å². The number of hydrogen-bond donors (Lipinski definition) is 2. The van der Waals surface area contributed by atoms with Gasteiger partial charge in [0, 0.05) is 12.0 Å². The summed E-state index contributed by atoms with van der Waals surface area (Å²) in [6.45, 7) is 0. The third-order valence-electron chi connectivity index (χ3n) is 5.40. The lowest BCUT2D eigenvalue weighted by atomic mass is 9.94. The summed E-state index contributed by atoms with van der Waals surface area (Å²) in [7, 11) is 0. The highest BCUT2D eigenvalue weighted by Gasteiger charge is 2.26. The SMILES string of the molecule is NC(=O)C(=O)[C@H](Cc1ccccc1)NC(=O)c1ccccc1-c1cccc2ccccc12. The number of primary amides is 1. The summed E-state index contributed by atoms with van der Waals surface area (Å²) >= 11 is 0. The Hall–Kier alpha value is -4.25. The predicted molar refractivity (Wildman–Crippen MR) is 125 cm³/mol. The number of amides is 2. The quantitative estimate of drug-likeness (QED) is 0.443. The van der Waals surface area contributed by atoms with Gasteiger partial charge in [-0.2, -0.15) is 0 Å². The van der Waals surface area contributed by atoms with Gasteiger partial charge in [0.1, 0.15) is 6.04 Å². The fourth-order valence-corrected chi connectivity index (χ4v) is 3.84. The molecule has 0 heterocycles. The van der Waals surface area contributed by atoms with Gasteiger partial charge in [0.25, 0.3) is 11.8 Å². The van der Waals surface area contributed by atoms with Gasteiger partial charge in [0.2, 0.25) is 5.78 Å². The second-order valence-electron chi connectivity index (χ2n) is 7.52. The Morgan fingerprint density at radius 1 is 0.719 bits per heavy atom. The maximum absolute atomic E-state index is 13.3. The maximum atomic E-state index is 13.3. The Labute approximate surface area is 185 Å². The lowest BCUT2D eigenvalue weighted by Crippen LogP contribution is -2.47. The van der Waals surface area contributed by atoms with Crippen molar-refractivity contribution >= 4 is 28.4 Å². The molecule has 0 radical (unpaired) electrons. The van der Waals surface area contributed by atoms with Crippen LogP contribution in [0.3, 0.4) is 0 Å². The molecule has 0 saturated carbocycles. The number of rotatable bonds is 7. The molecule has 4 aromatic carbocycles. The van der Waals surface area contributed by atoms with E-state index in [-0.39, 0.29) is 6.42 Å².